The molecule has 3 aromatic rings. The summed E-state index contributed by atoms with van der Waals surface area (Å²) in [5, 5.41) is 11.3. The van der Waals surface area contributed by atoms with Crippen LogP contribution in [0, 0.1) is 5.92 Å². The normalized spacial score (nSPS) is 24.7. The van der Waals surface area contributed by atoms with Gasteiger partial charge in [-0.25, -0.2) is 14.8 Å². The van der Waals surface area contributed by atoms with Gasteiger partial charge in [-0.2, -0.15) is 0 Å². The zero-order chi connectivity index (χ0) is 42.5. The fourth-order valence-corrected chi connectivity index (χ4v) is 10.9. The van der Waals surface area contributed by atoms with Crippen molar-refractivity contribution >= 4 is 52.9 Å². The number of amides is 3. The summed E-state index contributed by atoms with van der Waals surface area (Å²) in [7, 11) is -2.28. The lowest BCUT2D eigenvalue weighted by molar-refractivity contribution is -0.140. The van der Waals surface area contributed by atoms with Gasteiger partial charge in [0.05, 0.1) is 38.1 Å². The molecule has 1 aromatic carbocycles. The van der Waals surface area contributed by atoms with E-state index >= 15 is 0 Å². The van der Waals surface area contributed by atoms with Crippen LogP contribution in [0.5, 0.6) is 11.5 Å². The first kappa shape index (κ1) is 44.3. The second-order valence-corrected chi connectivity index (χ2v) is 19.7. The molecule has 2 aliphatic heterocycles. The molecule has 3 aliphatic rings. The van der Waals surface area contributed by atoms with Gasteiger partial charge in [-0.05, 0) is 86.3 Å². The van der Waals surface area contributed by atoms with E-state index in [4.69, 9.17) is 33.2 Å². The third-order valence-electron chi connectivity index (χ3n) is 10.4. The highest BCUT2D eigenvalue weighted by Crippen LogP contribution is 2.73. The molecule has 3 N–H and O–H groups in total. The monoisotopic (exact) mass is 854 g/mol. The number of ether oxygens (including phenoxy) is 3. The molecule has 59 heavy (non-hydrogen) atoms. The van der Waals surface area contributed by atoms with Gasteiger partial charge < -0.3 is 44.1 Å². The molecule has 17 heteroatoms. The van der Waals surface area contributed by atoms with E-state index in [0.29, 0.717) is 53.1 Å². The van der Waals surface area contributed by atoms with Crippen LogP contribution in [0.3, 0.4) is 0 Å². The number of thiazole rings is 1. The van der Waals surface area contributed by atoms with Crippen molar-refractivity contribution in [1.29, 1.82) is 0 Å². The van der Waals surface area contributed by atoms with E-state index in [1.807, 2.05) is 55.6 Å². The van der Waals surface area contributed by atoms with E-state index in [1.54, 1.807) is 41.7 Å². The Morgan fingerprint density at radius 2 is 1.85 bits per heavy atom. The zero-order valence-corrected chi connectivity index (χ0v) is 37.1. The number of methoxy groups -OCH3 is 1. The van der Waals surface area contributed by atoms with E-state index in [9.17, 15) is 18.9 Å². The third kappa shape index (κ3) is 10.4. The number of carbonyl (C=O) groups is 3. The number of nitrogens with zero attached hydrogens (tertiary/aromatic N) is 3. The second kappa shape index (κ2) is 18.6. The number of allylic oxidation sites excluding steroid dienone is 1. The average Bonchev–Trinajstić information content (AvgIpc) is 3.44. The van der Waals surface area contributed by atoms with Crippen LogP contribution in [0.2, 0.25) is 0 Å². The number of anilines is 1. The Morgan fingerprint density at radius 3 is 2.54 bits per heavy atom. The summed E-state index contributed by atoms with van der Waals surface area (Å²) in [6.45, 7) is 13.1. The predicted octanol–water partition coefficient (Wildman–Crippen LogP) is 8.05. The Morgan fingerprint density at radius 1 is 1.08 bits per heavy atom. The molecule has 1 saturated carbocycles. The number of benzene rings is 1. The number of aromatic nitrogens is 2. The highest BCUT2D eigenvalue weighted by molar-refractivity contribution is 7.56. The Balaban J connectivity index is 1.38. The van der Waals surface area contributed by atoms with Gasteiger partial charge in [0.1, 0.15) is 46.3 Å². The molecule has 0 spiro atoms. The zero-order valence-electron chi connectivity index (χ0n) is 35.4. The Labute approximate surface area is 350 Å². The summed E-state index contributed by atoms with van der Waals surface area (Å²) in [5.74, 6) is -0.135. The van der Waals surface area contributed by atoms with Crippen molar-refractivity contribution in [2.45, 2.75) is 129 Å². The van der Waals surface area contributed by atoms with Crippen LogP contribution >= 0.6 is 18.9 Å². The quantitative estimate of drug-likeness (QED) is 0.118. The maximum atomic E-state index is 14.8. The van der Waals surface area contributed by atoms with Crippen LogP contribution in [0.15, 0.2) is 41.8 Å². The van der Waals surface area contributed by atoms with Gasteiger partial charge in [-0.3, -0.25) is 14.2 Å². The molecule has 1 saturated heterocycles. The molecular weight excluding hydrogens is 796 g/mol. The van der Waals surface area contributed by atoms with Crippen LogP contribution in [0.1, 0.15) is 93.4 Å². The molecule has 2 unspecified atom stereocenters. The van der Waals surface area contributed by atoms with Crippen molar-refractivity contribution in [3.8, 4) is 22.9 Å². The van der Waals surface area contributed by atoms with Crippen molar-refractivity contribution in [3.05, 3.63) is 41.8 Å². The van der Waals surface area contributed by atoms with Gasteiger partial charge in [0.2, 0.25) is 11.8 Å². The minimum Gasteiger partial charge on any atom is -0.497 e. The van der Waals surface area contributed by atoms with Crippen molar-refractivity contribution in [1.82, 2.24) is 25.5 Å². The van der Waals surface area contributed by atoms with E-state index in [-0.39, 0.29) is 38.1 Å². The number of hydrogen-bond acceptors (Lipinski definition) is 13. The highest BCUT2D eigenvalue weighted by atomic mass is 32.1. The van der Waals surface area contributed by atoms with Crippen molar-refractivity contribution in [2.24, 2.45) is 5.92 Å². The fraction of sp³-hybridized carbons (Fsp3) is 0.595. The van der Waals surface area contributed by atoms with E-state index < -0.39 is 54.6 Å². The summed E-state index contributed by atoms with van der Waals surface area (Å²) < 4.78 is 44.1. The molecule has 15 nitrogen and oxygen atoms in total. The van der Waals surface area contributed by atoms with Gasteiger partial charge in [-0.1, -0.05) is 25.0 Å². The molecule has 2 fully saturated rings. The molecule has 1 aliphatic carbocycles. The van der Waals surface area contributed by atoms with Crippen LogP contribution in [0.4, 0.5) is 9.93 Å². The molecule has 6 rings (SSSR count). The van der Waals surface area contributed by atoms with E-state index in [1.165, 1.54) is 16.2 Å². The molecular formula is C42H59N6O9PS. The first-order chi connectivity index (χ1) is 28.1. The summed E-state index contributed by atoms with van der Waals surface area (Å²) in [5.41, 5.74) is 1.06. The SMILES string of the molecule is CCOP(=O)(OCC)C12CC1/C=C\CCCCC[C@H](NC(=O)OC(C)(C)C)C(=O)N1C[C@H](Oc3cc(-c4csc(NC(C)C)n4)nc4cc(OC)ccc34)C[C@H]1C(=O)N2. The summed E-state index contributed by atoms with van der Waals surface area (Å²) in [6.07, 6.45) is 6.52. The molecule has 4 heterocycles. The smallest absolute Gasteiger partial charge is 0.408 e. The van der Waals surface area contributed by atoms with E-state index in [0.717, 1.165) is 24.4 Å². The molecule has 0 radical (unpaired) electrons. The average molecular weight is 855 g/mol. The summed E-state index contributed by atoms with van der Waals surface area (Å²) >= 11 is 1.47. The van der Waals surface area contributed by atoms with Crippen LogP contribution < -0.4 is 25.4 Å². The molecule has 5 atom stereocenters. The number of rotatable bonds is 12. The first-order valence-electron chi connectivity index (χ1n) is 20.6. The summed E-state index contributed by atoms with van der Waals surface area (Å²) in [4.78, 5) is 53.8. The molecule has 2 aromatic heterocycles. The Bertz CT molecular complexity index is 2060. The lowest BCUT2D eigenvalue weighted by Gasteiger charge is -2.32. The number of pyridine rings is 1. The second-order valence-electron chi connectivity index (χ2n) is 16.5. The van der Waals surface area contributed by atoms with Crippen molar-refractivity contribution < 1.29 is 42.2 Å². The van der Waals surface area contributed by atoms with Crippen molar-refractivity contribution in [2.75, 3.05) is 32.2 Å². The predicted molar refractivity (Wildman–Crippen MR) is 228 cm³/mol. The fourth-order valence-electron chi connectivity index (χ4n) is 7.68. The number of hydrogen-bond donors (Lipinski definition) is 3. The topological polar surface area (TPSA) is 180 Å². The maximum absolute atomic E-state index is 14.8. The van der Waals surface area contributed by atoms with Gasteiger partial charge >= 0.3 is 13.7 Å². The number of fused-ring (bicyclic) bond motifs is 3. The minimum absolute atomic E-state index is 0.0305. The number of carbonyl (C=O) groups excluding carboxylic acids is 3. The highest BCUT2D eigenvalue weighted by Gasteiger charge is 2.68. The van der Waals surface area contributed by atoms with Gasteiger partial charge in [0.25, 0.3) is 0 Å². The number of alkyl carbamates (subject to hydrolysis) is 1. The Hall–Kier alpha value is -4.24. The lowest BCUT2D eigenvalue weighted by Crippen LogP contribution is -2.55. The number of nitrogens with one attached hydrogen (secondary N) is 3. The van der Waals surface area contributed by atoms with Crippen LogP contribution in [0.25, 0.3) is 22.3 Å². The lowest BCUT2D eigenvalue weighted by atomic mass is 10.0. The molecule has 3 amide bonds. The van der Waals surface area contributed by atoms with Gasteiger partial charge in [0, 0.05) is 41.3 Å². The van der Waals surface area contributed by atoms with Gasteiger partial charge in [0.15, 0.2) is 5.13 Å². The molecule has 322 valence electrons. The minimum atomic E-state index is -3.87. The largest absolute Gasteiger partial charge is 0.497 e. The van der Waals surface area contributed by atoms with Crippen LogP contribution in [-0.2, 0) is 27.9 Å². The third-order valence-corrected chi connectivity index (χ3v) is 14.0. The van der Waals surface area contributed by atoms with E-state index in [2.05, 4.69) is 16.0 Å². The maximum Gasteiger partial charge on any atom is 0.408 e. The van der Waals surface area contributed by atoms with Crippen molar-refractivity contribution in [3.63, 3.8) is 0 Å². The van der Waals surface area contributed by atoms with Crippen LogP contribution in [-0.4, -0.2) is 94.8 Å². The Kier molecular flexibility index (Phi) is 14.0. The molecule has 0 bridgehead atoms. The summed E-state index contributed by atoms with van der Waals surface area (Å²) in [6, 6.07) is 5.51. The van der Waals surface area contributed by atoms with Gasteiger partial charge in [-0.15, -0.1) is 11.3 Å². The standard InChI is InChI=1S/C42H59N6O9PS/c1-9-54-58(52,55-10-2)42-23-27(42)16-14-12-11-13-15-17-31(46-40(51)57-41(5,6)7)38(50)48-24-29(21-35(48)37(49)47-42)56-36-22-33(34-25-59-39(45-34)43-26(3)4)44-32-20-28(53-8)18-19-30(32)36/h14,16,18-20,22,25-27,29,31,35H,9-13,15,17,21,23-24H2,1-8H3,(H,43,45)(H,46,51)(H,47,49)/b16-14-/t27?,29-,31+,35+,42?/m1/s1. The first-order valence-corrected chi connectivity index (χ1v) is 23.1.